The van der Waals surface area contributed by atoms with E-state index in [9.17, 15) is 13.6 Å². The first kappa shape index (κ1) is 20.2. The van der Waals surface area contributed by atoms with Gasteiger partial charge < -0.3 is 9.72 Å². The van der Waals surface area contributed by atoms with Gasteiger partial charge in [-0.2, -0.15) is 0 Å². The summed E-state index contributed by atoms with van der Waals surface area (Å²) in [6.45, 7) is 1.46. The van der Waals surface area contributed by atoms with Gasteiger partial charge in [-0.15, -0.1) is 11.3 Å². The monoisotopic (exact) mass is 427 g/mol. The van der Waals surface area contributed by atoms with Gasteiger partial charge in [-0.05, 0) is 55.1 Å². The van der Waals surface area contributed by atoms with Crippen LogP contribution in [0.15, 0.2) is 59.4 Å². The second-order valence-electron chi connectivity index (χ2n) is 6.88. The van der Waals surface area contributed by atoms with Gasteiger partial charge in [-0.25, -0.2) is 13.8 Å². The number of thiophene rings is 1. The molecule has 0 radical (unpaired) electrons. The van der Waals surface area contributed by atoms with Gasteiger partial charge in [0, 0.05) is 11.4 Å². The van der Waals surface area contributed by atoms with E-state index in [1.54, 1.807) is 24.3 Å². The zero-order chi connectivity index (χ0) is 21.1. The quantitative estimate of drug-likeness (QED) is 0.474. The van der Waals surface area contributed by atoms with Crippen molar-refractivity contribution in [2.75, 3.05) is 20.2 Å². The van der Waals surface area contributed by atoms with E-state index in [2.05, 4.69) is 9.97 Å². The van der Waals surface area contributed by atoms with E-state index < -0.39 is 0 Å². The molecule has 4 rings (SSSR count). The summed E-state index contributed by atoms with van der Waals surface area (Å²) in [6, 6.07) is 13.9. The van der Waals surface area contributed by atoms with Gasteiger partial charge in [0.05, 0.1) is 12.1 Å². The Kier molecular flexibility index (Phi) is 5.87. The van der Waals surface area contributed by atoms with Gasteiger partial charge in [-0.1, -0.05) is 12.1 Å². The summed E-state index contributed by atoms with van der Waals surface area (Å²) in [6.07, 6.45) is 0. The lowest BCUT2D eigenvalue weighted by molar-refractivity contribution is 0.229. The molecule has 4 aromatic rings. The molecule has 0 unspecified atom stereocenters. The van der Waals surface area contributed by atoms with Gasteiger partial charge in [0.2, 0.25) is 0 Å². The maximum absolute atomic E-state index is 13.2. The molecule has 2 heterocycles. The molecule has 0 aliphatic heterocycles. The van der Waals surface area contributed by atoms with Crippen LogP contribution in [0.2, 0.25) is 0 Å². The lowest BCUT2D eigenvalue weighted by Gasteiger charge is -2.16. The highest BCUT2D eigenvalue weighted by atomic mass is 32.1. The van der Waals surface area contributed by atoms with Crippen molar-refractivity contribution in [3.63, 3.8) is 0 Å². The maximum Gasteiger partial charge on any atom is 0.268 e. The molecule has 2 aromatic carbocycles. The number of hydrogen-bond acceptors (Lipinski definition) is 5. The summed E-state index contributed by atoms with van der Waals surface area (Å²) in [4.78, 5) is 22.7. The van der Waals surface area contributed by atoms with E-state index >= 15 is 0 Å². The van der Waals surface area contributed by atoms with Crippen LogP contribution in [0.5, 0.6) is 5.75 Å². The van der Waals surface area contributed by atoms with Crippen molar-refractivity contribution in [1.82, 2.24) is 14.9 Å². The van der Waals surface area contributed by atoms with E-state index in [0.29, 0.717) is 41.5 Å². The van der Waals surface area contributed by atoms with Crippen LogP contribution in [0.3, 0.4) is 0 Å². The Morgan fingerprint density at radius 1 is 1.07 bits per heavy atom. The van der Waals surface area contributed by atoms with Crippen molar-refractivity contribution in [3.05, 3.63) is 82.4 Å². The van der Waals surface area contributed by atoms with Crippen LogP contribution in [0, 0.1) is 11.6 Å². The van der Waals surface area contributed by atoms with Crippen LogP contribution in [0.4, 0.5) is 8.78 Å². The van der Waals surface area contributed by atoms with Crippen LogP contribution >= 0.6 is 11.3 Å². The number of likely N-dealkylation sites (N-methyl/N-ethyl adjacent to an activating group) is 1. The van der Waals surface area contributed by atoms with Crippen LogP contribution in [-0.2, 0) is 6.54 Å². The minimum absolute atomic E-state index is 0.190. The number of H-pyrrole nitrogens is 1. The highest BCUT2D eigenvalue weighted by Gasteiger charge is 2.12. The number of nitrogens with one attached hydrogen (secondary N) is 1. The SMILES string of the molecule is CN(CCOc1ccc(F)cc1)Cc1nc2cc(-c3ccc(F)cc3)sc2c(=O)[nH]1. The first-order chi connectivity index (χ1) is 14.5. The number of aromatic nitrogens is 2. The molecule has 0 atom stereocenters. The van der Waals surface area contributed by atoms with Crippen LogP contribution in [-0.4, -0.2) is 35.1 Å². The van der Waals surface area contributed by atoms with Gasteiger partial charge in [0.25, 0.3) is 5.56 Å². The molecule has 30 heavy (non-hydrogen) atoms. The molecule has 0 saturated heterocycles. The molecule has 8 heteroatoms. The lowest BCUT2D eigenvalue weighted by Crippen LogP contribution is -2.26. The van der Waals surface area contributed by atoms with Gasteiger partial charge >= 0.3 is 0 Å². The van der Waals surface area contributed by atoms with Crippen LogP contribution in [0.1, 0.15) is 5.82 Å². The standard InChI is InChI=1S/C22H19F2N3O2S/c1-27(10-11-29-17-8-6-16(24)7-9-17)13-20-25-18-12-19(30-21(18)22(28)26-20)14-2-4-15(23)5-3-14/h2-9,12H,10-11,13H2,1H3,(H,25,26,28). The topological polar surface area (TPSA) is 58.2 Å². The predicted molar refractivity (Wildman–Crippen MR) is 114 cm³/mol. The summed E-state index contributed by atoms with van der Waals surface area (Å²) in [5, 5.41) is 0. The van der Waals surface area contributed by atoms with Crippen molar-refractivity contribution in [3.8, 4) is 16.2 Å². The Bertz CT molecular complexity index is 1200. The third-order valence-electron chi connectivity index (χ3n) is 4.54. The molecule has 2 aromatic heterocycles. The van der Waals surface area contributed by atoms with Crippen molar-refractivity contribution in [1.29, 1.82) is 0 Å². The van der Waals surface area contributed by atoms with Crippen molar-refractivity contribution in [2.24, 2.45) is 0 Å². The molecule has 0 amide bonds. The smallest absolute Gasteiger partial charge is 0.268 e. The van der Waals surface area contributed by atoms with Crippen LogP contribution < -0.4 is 10.3 Å². The van der Waals surface area contributed by atoms with Crippen molar-refractivity contribution < 1.29 is 13.5 Å². The molecule has 0 aliphatic carbocycles. The summed E-state index contributed by atoms with van der Waals surface area (Å²) >= 11 is 1.33. The molecule has 0 bridgehead atoms. The number of rotatable bonds is 7. The molecule has 0 saturated carbocycles. The van der Waals surface area contributed by atoms with Crippen molar-refractivity contribution in [2.45, 2.75) is 6.54 Å². The van der Waals surface area contributed by atoms with Crippen molar-refractivity contribution >= 4 is 21.6 Å². The average Bonchev–Trinajstić information content (AvgIpc) is 3.15. The third-order valence-corrected chi connectivity index (χ3v) is 5.71. The lowest BCUT2D eigenvalue weighted by atomic mass is 10.2. The third kappa shape index (κ3) is 4.72. The largest absolute Gasteiger partial charge is 0.492 e. The summed E-state index contributed by atoms with van der Waals surface area (Å²) in [7, 11) is 1.90. The fraction of sp³-hybridized carbons (Fsp3) is 0.182. The molecule has 5 nitrogen and oxygen atoms in total. The normalized spacial score (nSPS) is 11.3. The summed E-state index contributed by atoms with van der Waals surface area (Å²) in [5.74, 6) is 0.551. The van der Waals surface area contributed by atoms with E-state index in [4.69, 9.17) is 4.74 Å². The zero-order valence-corrected chi connectivity index (χ0v) is 17.0. The number of nitrogens with zero attached hydrogens (tertiary/aromatic N) is 2. The van der Waals surface area contributed by atoms with E-state index in [1.807, 2.05) is 18.0 Å². The molecule has 154 valence electrons. The van der Waals surface area contributed by atoms with Crippen LogP contribution in [0.25, 0.3) is 20.7 Å². The number of halogens is 2. The van der Waals surface area contributed by atoms with E-state index in [0.717, 1.165) is 10.4 Å². The first-order valence-electron chi connectivity index (χ1n) is 9.33. The Labute approximate surface area is 175 Å². The van der Waals surface area contributed by atoms with Gasteiger partial charge in [-0.3, -0.25) is 9.69 Å². The molecular weight excluding hydrogens is 408 g/mol. The fourth-order valence-corrected chi connectivity index (χ4v) is 4.00. The molecule has 0 fully saturated rings. The number of benzene rings is 2. The Balaban J connectivity index is 1.43. The second kappa shape index (κ2) is 8.73. The average molecular weight is 427 g/mol. The highest BCUT2D eigenvalue weighted by Crippen LogP contribution is 2.30. The van der Waals surface area contributed by atoms with Gasteiger partial charge in [0.1, 0.15) is 34.5 Å². The predicted octanol–water partition coefficient (Wildman–Crippen LogP) is 4.44. The molecule has 1 N–H and O–H groups in total. The number of hydrogen-bond donors (Lipinski definition) is 1. The Morgan fingerprint density at radius 3 is 2.43 bits per heavy atom. The number of aromatic amines is 1. The maximum atomic E-state index is 13.2. The minimum atomic E-state index is -0.305. The highest BCUT2D eigenvalue weighted by molar-refractivity contribution is 7.22. The summed E-state index contributed by atoms with van der Waals surface area (Å²) in [5.41, 5.74) is 1.27. The number of fused-ring (bicyclic) bond motifs is 1. The minimum Gasteiger partial charge on any atom is -0.492 e. The first-order valence-corrected chi connectivity index (χ1v) is 10.2. The Morgan fingerprint density at radius 2 is 1.73 bits per heavy atom. The fourth-order valence-electron chi connectivity index (χ4n) is 3.00. The second-order valence-corrected chi connectivity index (χ2v) is 7.94. The number of ether oxygens (including phenoxy) is 1. The summed E-state index contributed by atoms with van der Waals surface area (Å²) < 4.78 is 32.2. The zero-order valence-electron chi connectivity index (χ0n) is 16.2. The van der Waals surface area contributed by atoms with Gasteiger partial charge in [0.15, 0.2) is 0 Å². The molecule has 0 spiro atoms. The van der Waals surface area contributed by atoms with E-state index in [-0.39, 0.29) is 17.2 Å². The van der Waals surface area contributed by atoms with E-state index in [1.165, 1.54) is 35.6 Å². The molecule has 0 aliphatic rings. The Hall–Kier alpha value is -3.10. The molecular formula is C22H19F2N3O2S.